The van der Waals surface area contributed by atoms with Crippen molar-refractivity contribution in [2.45, 2.75) is 52.8 Å². The van der Waals surface area contributed by atoms with E-state index in [1.807, 2.05) is 23.1 Å². The van der Waals surface area contributed by atoms with E-state index in [0.29, 0.717) is 49.3 Å². The molecule has 1 unspecified atom stereocenters. The number of aliphatic hydroxyl groups excluding tert-OH is 1. The Balaban J connectivity index is 1.75. The second-order valence-corrected chi connectivity index (χ2v) is 9.43. The topological polar surface area (TPSA) is 91.6 Å². The van der Waals surface area contributed by atoms with Crippen LogP contribution in [0.4, 0.5) is 0 Å². The van der Waals surface area contributed by atoms with Gasteiger partial charge in [0.1, 0.15) is 16.4 Å². The number of aromatic nitrogens is 2. The van der Waals surface area contributed by atoms with Gasteiger partial charge in [-0.05, 0) is 30.0 Å². The van der Waals surface area contributed by atoms with Crippen LogP contribution in [0.3, 0.4) is 0 Å². The number of fused-ring (bicyclic) bond motifs is 1. The van der Waals surface area contributed by atoms with Gasteiger partial charge in [0.05, 0.1) is 37.4 Å². The molecule has 2 N–H and O–H groups in total. The molecule has 0 radical (unpaired) electrons. The molecule has 1 atom stereocenters. The molecule has 0 bridgehead atoms. The lowest BCUT2D eigenvalue weighted by Crippen LogP contribution is -2.35. The van der Waals surface area contributed by atoms with Crippen molar-refractivity contribution in [3.8, 4) is 0 Å². The molecule has 164 valence electrons. The SMILES string of the molecule is CC(C)COCC(O)CN(Cc1nc2sc(C(C)C)cc2c(=O)[nH]1)Cc1ccco1. The number of rotatable bonds is 11. The molecule has 30 heavy (non-hydrogen) atoms. The van der Waals surface area contributed by atoms with Gasteiger partial charge in [0.2, 0.25) is 0 Å². The van der Waals surface area contributed by atoms with Gasteiger partial charge in [-0.2, -0.15) is 0 Å². The number of hydrogen-bond donors (Lipinski definition) is 2. The molecule has 0 aliphatic heterocycles. The van der Waals surface area contributed by atoms with Gasteiger partial charge in [-0.1, -0.05) is 27.7 Å². The molecule has 3 rings (SSSR count). The molecule has 3 heterocycles. The van der Waals surface area contributed by atoms with Crippen molar-refractivity contribution in [1.29, 1.82) is 0 Å². The lowest BCUT2D eigenvalue weighted by molar-refractivity contribution is 0.00421. The monoisotopic (exact) mass is 433 g/mol. The molecule has 0 saturated heterocycles. The van der Waals surface area contributed by atoms with Crippen LogP contribution in [-0.2, 0) is 17.8 Å². The summed E-state index contributed by atoms with van der Waals surface area (Å²) in [5.74, 6) is 2.13. The summed E-state index contributed by atoms with van der Waals surface area (Å²) in [7, 11) is 0. The van der Waals surface area contributed by atoms with E-state index in [-0.39, 0.29) is 12.2 Å². The highest BCUT2D eigenvalue weighted by atomic mass is 32.1. The Kier molecular flexibility index (Phi) is 7.82. The maximum absolute atomic E-state index is 12.6. The summed E-state index contributed by atoms with van der Waals surface area (Å²) < 4.78 is 11.0. The van der Waals surface area contributed by atoms with Crippen molar-refractivity contribution >= 4 is 21.6 Å². The summed E-state index contributed by atoms with van der Waals surface area (Å²) in [5.41, 5.74) is -0.128. The average Bonchev–Trinajstić information content (AvgIpc) is 3.31. The molecule has 0 amide bonds. The fourth-order valence-corrected chi connectivity index (χ4v) is 4.22. The largest absolute Gasteiger partial charge is 0.468 e. The first-order valence-electron chi connectivity index (χ1n) is 10.3. The van der Waals surface area contributed by atoms with Crippen molar-refractivity contribution < 1.29 is 14.3 Å². The van der Waals surface area contributed by atoms with Gasteiger partial charge in [-0.3, -0.25) is 9.69 Å². The Bertz CT molecular complexity index is 978. The van der Waals surface area contributed by atoms with Gasteiger partial charge in [0.25, 0.3) is 5.56 Å². The summed E-state index contributed by atoms with van der Waals surface area (Å²) >= 11 is 1.56. The van der Waals surface area contributed by atoms with E-state index in [1.165, 1.54) is 0 Å². The van der Waals surface area contributed by atoms with Crippen LogP contribution >= 0.6 is 11.3 Å². The Morgan fingerprint density at radius 3 is 2.73 bits per heavy atom. The lowest BCUT2D eigenvalue weighted by atomic mass is 10.2. The number of ether oxygens (including phenoxy) is 1. The fourth-order valence-electron chi connectivity index (χ4n) is 3.16. The molecule has 0 aromatic carbocycles. The number of nitrogens with zero attached hydrogens (tertiary/aromatic N) is 2. The Labute approximate surface area is 180 Å². The molecule has 0 aliphatic rings. The summed E-state index contributed by atoms with van der Waals surface area (Å²) in [6, 6.07) is 5.65. The maximum atomic E-state index is 12.6. The zero-order valence-corrected chi connectivity index (χ0v) is 18.9. The summed E-state index contributed by atoms with van der Waals surface area (Å²) in [5, 5.41) is 11.1. The maximum Gasteiger partial charge on any atom is 0.259 e. The van der Waals surface area contributed by atoms with Gasteiger partial charge in [-0.15, -0.1) is 11.3 Å². The minimum atomic E-state index is -0.650. The normalized spacial score (nSPS) is 13.2. The standard InChI is InChI=1S/C22H31N3O4S/c1-14(2)12-28-13-16(26)9-25(10-17-6-5-7-29-17)11-20-23-21(27)18-8-19(15(3)4)30-22(18)24-20/h5-8,14-16,26H,9-13H2,1-4H3,(H,23,24,27). The predicted molar refractivity (Wildman–Crippen MR) is 119 cm³/mol. The summed E-state index contributed by atoms with van der Waals surface area (Å²) in [6.45, 7) is 10.5. The van der Waals surface area contributed by atoms with Crippen molar-refractivity contribution in [3.05, 3.63) is 51.3 Å². The van der Waals surface area contributed by atoms with Crippen LogP contribution in [0, 0.1) is 5.92 Å². The zero-order chi connectivity index (χ0) is 21.7. The van der Waals surface area contributed by atoms with Gasteiger partial charge in [0, 0.05) is 18.0 Å². The molecule has 0 saturated carbocycles. The average molecular weight is 434 g/mol. The third-order valence-electron chi connectivity index (χ3n) is 4.60. The fraction of sp³-hybridized carbons (Fsp3) is 0.545. The van der Waals surface area contributed by atoms with Crippen LogP contribution in [0.15, 0.2) is 33.7 Å². The minimum Gasteiger partial charge on any atom is -0.468 e. The van der Waals surface area contributed by atoms with Crippen LogP contribution in [0.2, 0.25) is 0 Å². The quantitative estimate of drug-likeness (QED) is 0.479. The van der Waals surface area contributed by atoms with E-state index in [9.17, 15) is 9.90 Å². The van der Waals surface area contributed by atoms with Crippen LogP contribution < -0.4 is 5.56 Å². The first-order chi connectivity index (χ1) is 14.3. The number of nitrogens with one attached hydrogen (secondary N) is 1. The molecular weight excluding hydrogens is 402 g/mol. The predicted octanol–water partition coefficient (Wildman–Crippen LogP) is 3.74. The highest BCUT2D eigenvalue weighted by Crippen LogP contribution is 2.27. The first-order valence-corrected chi connectivity index (χ1v) is 11.2. The molecule has 3 aromatic rings. The number of hydrogen-bond acceptors (Lipinski definition) is 7. The highest BCUT2D eigenvalue weighted by molar-refractivity contribution is 7.18. The van der Waals surface area contributed by atoms with Crippen LogP contribution in [-0.4, -0.2) is 45.8 Å². The second-order valence-electron chi connectivity index (χ2n) is 8.37. The Hall–Kier alpha value is -2.00. The number of H-pyrrole nitrogens is 1. The lowest BCUT2D eigenvalue weighted by Gasteiger charge is -2.24. The van der Waals surface area contributed by atoms with E-state index in [2.05, 4.69) is 37.7 Å². The van der Waals surface area contributed by atoms with Crippen LogP contribution in [0.5, 0.6) is 0 Å². The summed E-state index contributed by atoms with van der Waals surface area (Å²) in [6.07, 6.45) is 0.976. The number of aromatic amines is 1. The van der Waals surface area contributed by atoms with E-state index in [0.717, 1.165) is 15.5 Å². The second kappa shape index (κ2) is 10.3. The highest BCUT2D eigenvalue weighted by Gasteiger charge is 2.17. The minimum absolute atomic E-state index is 0.128. The van der Waals surface area contributed by atoms with Crippen molar-refractivity contribution in [2.24, 2.45) is 5.92 Å². The van der Waals surface area contributed by atoms with Crippen molar-refractivity contribution in [3.63, 3.8) is 0 Å². The molecule has 0 aliphatic carbocycles. The van der Waals surface area contributed by atoms with E-state index >= 15 is 0 Å². The molecule has 0 fully saturated rings. The third kappa shape index (κ3) is 6.25. The van der Waals surface area contributed by atoms with Crippen molar-refractivity contribution in [2.75, 3.05) is 19.8 Å². The Morgan fingerprint density at radius 1 is 1.27 bits per heavy atom. The van der Waals surface area contributed by atoms with Gasteiger partial charge >= 0.3 is 0 Å². The van der Waals surface area contributed by atoms with Crippen LogP contribution in [0.25, 0.3) is 10.2 Å². The third-order valence-corrected chi connectivity index (χ3v) is 5.93. The molecule has 3 aromatic heterocycles. The van der Waals surface area contributed by atoms with E-state index in [1.54, 1.807) is 17.6 Å². The number of furan rings is 1. The van der Waals surface area contributed by atoms with Crippen LogP contribution in [0.1, 0.15) is 50.1 Å². The number of aliphatic hydroxyl groups is 1. The van der Waals surface area contributed by atoms with Gasteiger partial charge in [-0.25, -0.2) is 4.98 Å². The Morgan fingerprint density at radius 2 is 2.07 bits per heavy atom. The van der Waals surface area contributed by atoms with Gasteiger partial charge < -0.3 is 19.2 Å². The van der Waals surface area contributed by atoms with E-state index < -0.39 is 6.10 Å². The van der Waals surface area contributed by atoms with Crippen molar-refractivity contribution in [1.82, 2.24) is 14.9 Å². The summed E-state index contributed by atoms with van der Waals surface area (Å²) in [4.78, 5) is 24.0. The molecule has 7 nitrogen and oxygen atoms in total. The smallest absolute Gasteiger partial charge is 0.259 e. The molecule has 0 spiro atoms. The van der Waals surface area contributed by atoms with Gasteiger partial charge in [0.15, 0.2) is 0 Å². The molecule has 8 heteroatoms. The zero-order valence-electron chi connectivity index (χ0n) is 18.1. The first kappa shape index (κ1) is 22.7. The molecular formula is C22H31N3O4S. The van der Waals surface area contributed by atoms with E-state index in [4.69, 9.17) is 9.15 Å². The number of thiophene rings is 1.